The number of halogens is 1. The van der Waals surface area contributed by atoms with Gasteiger partial charge in [-0.25, -0.2) is 9.37 Å². The molecule has 2 N–H and O–H groups in total. The Balaban J connectivity index is 2.08. The van der Waals surface area contributed by atoms with Gasteiger partial charge in [0.1, 0.15) is 11.6 Å². The highest BCUT2D eigenvalue weighted by atomic mass is 19.1. The first-order chi connectivity index (χ1) is 8.65. The molecule has 0 radical (unpaired) electrons. The third-order valence-electron chi connectivity index (χ3n) is 2.22. The van der Waals surface area contributed by atoms with Crippen molar-refractivity contribution in [3.63, 3.8) is 0 Å². The Morgan fingerprint density at radius 3 is 3.00 bits per heavy atom. The highest BCUT2D eigenvalue weighted by molar-refractivity contribution is 5.89. The summed E-state index contributed by atoms with van der Waals surface area (Å²) in [5.41, 5.74) is 0.821. The Morgan fingerprint density at radius 2 is 2.33 bits per heavy atom. The number of rotatable bonds is 4. The van der Waals surface area contributed by atoms with Gasteiger partial charge in [-0.3, -0.25) is 4.79 Å². The maximum absolute atomic E-state index is 13.5. The van der Waals surface area contributed by atoms with Crippen molar-refractivity contribution in [1.29, 1.82) is 0 Å². The zero-order valence-corrected chi connectivity index (χ0v) is 9.74. The summed E-state index contributed by atoms with van der Waals surface area (Å²) in [5, 5.41) is 5.45. The van der Waals surface area contributed by atoms with E-state index in [0.717, 1.165) is 0 Å². The zero-order chi connectivity index (χ0) is 13.0. The number of oxazole rings is 1. The first-order valence-corrected chi connectivity index (χ1v) is 5.33. The molecule has 0 saturated heterocycles. The number of anilines is 2. The van der Waals surface area contributed by atoms with E-state index in [1.165, 1.54) is 31.5 Å². The molecule has 1 amide bonds. The van der Waals surface area contributed by atoms with Crippen molar-refractivity contribution in [2.24, 2.45) is 0 Å². The lowest BCUT2D eigenvalue weighted by molar-refractivity contribution is -0.114. The summed E-state index contributed by atoms with van der Waals surface area (Å²) in [6.45, 7) is 1.71. The van der Waals surface area contributed by atoms with Crippen molar-refractivity contribution in [2.75, 3.05) is 10.6 Å². The lowest BCUT2D eigenvalue weighted by atomic mass is 10.2. The molecule has 0 bridgehead atoms. The lowest BCUT2D eigenvalue weighted by Gasteiger charge is -2.08. The van der Waals surface area contributed by atoms with E-state index in [2.05, 4.69) is 15.6 Å². The summed E-state index contributed by atoms with van der Waals surface area (Å²) in [6, 6.07) is 4.30. The van der Waals surface area contributed by atoms with E-state index in [1.54, 1.807) is 6.20 Å². The molecule has 94 valence electrons. The number of nitrogens with one attached hydrogen (secondary N) is 2. The second-order valence-electron chi connectivity index (χ2n) is 3.70. The molecule has 0 aliphatic heterocycles. The average molecular weight is 249 g/mol. The average Bonchev–Trinajstić information content (AvgIpc) is 2.82. The van der Waals surface area contributed by atoms with E-state index < -0.39 is 5.82 Å². The maximum atomic E-state index is 13.5. The molecule has 1 aromatic heterocycles. The van der Waals surface area contributed by atoms with Gasteiger partial charge in [-0.1, -0.05) is 0 Å². The fourth-order valence-electron chi connectivity index (χ4n) is 1.45. The Kier molecular flexibility index (Phi) is 3.57. The Labute approximate surface area is 103 Å². The maximum Gasteiger partial charge on any atom is 0.221 e. The standard InChI is InChI=1S/C12H12FN3O2/c1-8(17)16-9-2-3-11(13)12(4-9)15-6-10-5-14-7-18-10/h2-5,7,15H,6H2,1H3,(H,16,17). The number of carbonyl (C=O) groups excluding carboxylic acids is 1. The van der Waals surface area contributed by atoms with Crippen LogP contribution in [0.15, 0.2) is 35.2 Å². The van der Waals surface area contributed by atoms with Crippen LogP contribution in [0.4, 0.5) is 15.8 Å². The van der Waals surface area contributed by atoms with Gasteiger partial charge in [-0.15, -0.1) is 0 Å². The smallest absolute Gasteiger partial charge is 0.221 e. The quantitative estimate of drug-likeness (QED) is 0.873. The van der Waals surface area contributed by atoms with Crippen LogP contribution in [0.3, 0.4) is 0 Å². The number of hydrogen-bond acceptors (Lipinski definition) is 4. The number of hydrogen-bond donors (Lipinski definition) is 2. The van der Waals surface area contributed by atoms with Crippen LogP contribution in [0.25, 0.3) is 0 Å². The second kappa shape index (κ2) is 5.31. The molecule has 2 rings (SSSR count). The van der Waals surface area contributed by atoms with Crippen LogP contribution in [-0.2, 0) is 11.3 Å². The van der Waals surface area contributed by atoms with Gasteiger partial charge in [0.15, 0.2) is 6.39 Å². The zero-order valence-electron chi connectivity index (χ0n) is 9.74. The molecular weight excluding hydrogens is 237 g/mol. The fraction of sp³-hybridized carbons (Fsp3) is 0.167. The molecule has 0 spiro atoms. The van der Waals surface area contributed by atoms with Crippen LogP contribution >= 0.6 is 0 Å². The number of amides is 1. The van der Waals surface area contributed by atoms with Gasteiger partial charge in [-0.05, 0) is 18.2 Å². The molecule has 1 aromatic carbocycles. The summed E-state index contributed by atoms with van der Waals surface area (Å²) in [5.74, 6) is -0.00857. The summed E-state index contributed by atoms with van der Waals surface area (Å²) in [7, 11) is 0. The van der Waals surface area contributed by atoms with Crippen LogP contribution in [0.2, 0.25) is 0 Å². The van der Waals surface area contributed by atoms with Crippen LogP contribution in [0.5, 0.6) is 0 Å². The predicted molar refractivity (Wildman–Crippen MR) is 64.5 cm³/mol. The van der Waals surface area contributed by atoms with Gasteiger partial charge in [0.05, 0.1) is 18.4 Å². The predicted octanol–water partition coefficient (Wildman–Crippen LogP) is 2.38. The summed E-state index contributed by atoms with van der Waals surface area (Å²) < 4.78 is 18.5. The molecule has 0 aliphatic carbocycles. The number of aromatic nitrogens is 1. The van der Waals surface area contributed by atoms with Gasteiger partial charge in [-0.2, -0.15) is 0 Å². The SMILES string of the molecule is CC(=O)Nc1ccc(F)c(NCc2cnco2)c1. The van der Waals surface area contributed by atoms with Crippen molar-refractivity contribution in [1.82, 2.24) is 4.98 Å². The van der Waals surface area contributed by atoms with E-state index in [0.29, 0.717) is 18.0 Å². The molecule has 0 aliphatic rings. The summed E-state index contributed by atoms with van der Waals surface area (Å²) in [4.78, 5) is 14.7. The normalized spacial score (nSPS) is 10.1. The molecule has 0 saturated carbocycles. The molecule has 2 aromatic rings. The second-order valence-corrected chi connectivity index (χ2v) is 3.70. The fourth-order valence-corrected chi connectivity index (χ4v) is 1.45. The van der Waals surface area contributed by atoms with Crippen molar-refractivity contribution in [2.45, 2.75) is 13.5 Å². The highest BCUT2D eigenvalue weighted by Crippen LogP contribution is 2.20. The van der Waals surface area contributed by atoms with Crippen molar-refractivity contribution in [3.05, 3.63) is 42.4 Å². The minimum absolute atomic E-state index is 0.206. The number of carbonyl (C=O) groups is 1. The van der Waals surface area contributed by atoms with E-state index in [-0.39, 0.29) is 11.6 Å². The molecule has 6 heteroatoms. The molecule has 1 heterocycles. The van der Waals surface area contributed by atoms with Crippen molar-refractivity contribution in [3.8, 4) is 0 Å². The monoisotopic (exact) mass is 249 g/mol. The van der Waals surface area contributed by atoms with Crippen molar-refractivity contribution < 1.29 is 13.6 Å². The molecule has 0 atom stereocenters. The topological polar surface area (TPSA) is 67.2 Å². The van der Waals surface area contributed by atoms with E-state index in [4.69, 9.17) is 4.42 Å². The van der Waals surface area contributed by atoms with E-state index in [1.807, 2.05) is 0 Å². The van der Waals surface area contributed by atoms with Gasteiger partial charge in [0, 0.05) is 12.6 Å². The van der Waals surface area contributed by atoms with Crippen molar-refractivity contribution >= 4 is 17.3 Å². The molecule has 5 nitrogen and oxygen atoms in total. The minimum atomic E-state index is -0.399. The largest absolute Gasteiger partial charge is 0.447 e. The highest BCUT2D eigenvalue weighted by Gasteiger charge is 2.05. The van der Waals surface area contributed by atoms with E-state index >= 15 is 0 Å². The summed E-state index contributed by atoms with van der Waals surface area (Å²) in [6.07, 6.45) is 2.85. The number of benzene rings is 1. The van der Waals surface area contributed by atoms with Gasteiger partial charge in [0.2, 0.25) is 5.91 Å². The molecular formula is C12H12FN3O2. The molecule has 18 heavy (non-hydrogen) atoms. The first-order valence-electron chi connectivity index (χ1n) is 5.33. The first kappa shape index (κ1) is 12.1. The molecule has 0 fully saturated rings. The van der Waals surface area contributed by atoms with E-state index in [9.17, 15) is 9.18 Å². The van der Waals surface area contributed by atoms with Gasteiger partial charge in [0.25, 0.3) is 0 Å². The Bertz CT molecular complexity index is 540. The third-order valence-corrected chi connectivity index (χ3v) is 2.22. The van der Waals surface area contributed by atoms with Crippen LogP contribution in [0.1, 0.15) is 12.7 Å². The Hall–Kier alpha value is -2.37. The molecule has 0 unspecified atom stereocenters. The van der Waals surface area contributed by atoms with Crippen LogP contribution in [-0.4, -0.2) is 10.9 Å². The summed E-state index contributed by atoms with van der Waals surface area (Å²) >= 11 is 0. The van der Waals surface area contributed by atoms with Crippen LogP contribution in [0, 0.1) is 5.82 Å². The van der Waals surface area contributed by atoms with Gasteiger partial charge < -0.3 is 15.1 Å². The third kappa shape index (κ3) is 3.07. The van der Waals surface area contributed by atoms with Crippen LogP contribution < -0.4 is 10.6 Å². The number of nitrogens with zero attached hydrogens (tertiary/aromatic N) is 1. The van der Waals surface area contributed by atoms with Gasteiger partial charge >= 0.3 is 0 Å². The minimum Gasteiger partial charge on any atom is -0.447 e. The Morgan fingerprint density at radius 1 is 1.50 bits per heavy atom. The lowest BCUT2D eigenvalue weighted by Crippen LogP contribution is -2.07.